The Balaban J connectivity index is 1.50. The third-order valence-electron chi connectivity index (χ3n) is 5.97. The molecule has 4 rings (SSSR count). The lowest BCUT2D eigenvalue weighted by Crippen LogP contribution is -2.13. The highest BCUT2D eigenvalue weighted by Gasteiger charge is 2.16. The van der Waals surface area contributed by atoms with Crippen LogP contribution in [-0.2, 0) is 18.0 Å². The lowest BCUT2D eigenvalue weighted by Gasteiger charge is -2.16. The molecule has 4 aromatic rings. The van der Waals surface area contributed by atoms with Crippen molar-refractivity contribution < 1.29 is 23.7 Å². The number of carbonyl (C=O) groups is 1. The average molecular weight is 628 g/mol. The molecule has 0 unspecified atom stereocenters. The third kappa shape index (κ3) is 8.38. The number of nitriles is 1. The molecule has 0 spiro atoms. The molecular formula is C34H31BrN2O5. The van der Waals surface area contributed by atoms with E-state index in [1.807, 2.05) is 74.5 Å². The Labute approximate surface area is 254 Å². The molecule has 0 bridgehead atoms. The molecule has 214 valence electrons. The number of nitrogens with one attached hydrogen (secondary N) is 1. The molecule has 0 aromatic heterocycles. The van der Waals surface area contributed by atoms with Crippen molar-refractivity contribution in [1.82, 2.24) is 0 Å². The Morgan fingerprint density at radius 3 is 2.14 bits per heavy atom. The van der Waals surface area contributed by atoms with Crippen molar-refractivity contribution in [2.75, 3.05) is 18.5 Å². The summed E-state index contributed by atoms with van der Waals surface area (Å²) in [7, 11) is 0. The van der Waals surface area contributed by atoms with Gasteiger partial charge in [-0.15, -0.1) is 0 Å². The Bertz CT molecular complexity index is 1570. The summed E-state index contributed by atoms with van der Waals surface area (Å²) in [5, 5.41) is 12.4. The fraction of sp³-hybridized carbons (Fsp3) is 0.176. The van der Waals surface area contributed by atoms with Crippen LogP contribution in [0.25, 0.3) is 6.08 Å². The largest absolute Gasteiger partial charge is 0.490 e. The van der Waals surface area contributed by atoms with E-state index in [0.717, 1.165) is 11.1 Å². The van der Waals surface area contributed by atoms with Gasteiger partial charge in [-0.3, -0.25) is 4.79 Å². The number of hydrogen-bond acceptors (Lipinski definition) is 6. The number of benzene rings is 4. The lowest BCUT2D eigenvalue weighted by molar-refractivity contribution is -0.112. The molecule has 1 N–H and O–H groups in total. The van der Waals surface area contributed by atoms with Crippen LogP contribution in [0.4, 0.5) is 5.69 Å². The Morgan fingerprint density at radius 1 is 0.786 bits per heavy atom. The van der Waals surface area contributed by atoms with E-state index in [-0.39, 0.29) is 12.2 Å². The van der Waals surface area contributed by atoms with Gasteiger partial charge in [0, 0.05) is 5.69 Å². The molecular weight excluding hydrogens is 596 g/mol. The Hall–Kier alpha value is -4.74. The van der Waals surface area contributed by atoms with E-state index in [2.05, 4.69) is 21.2 Å². The van der Waals surface area contributed by atoms with Gasteiger partial charge in [0.2, 0.25) is 0 Å². The van der Waals surface area contributed by atoms with Gasteiger partial charge < -0.3 is 24.3 Å². The van der Waals surface area contributed by atoms with Crippen LogP contribution in [-0.4, -0.2) is 19.1 Å². The van der Waals surface area contributed by atoms with Crippen LogP contribution in [0.2, 0.25) is 0 Å². The van der Waals surface area contributed by atoms with E-state index >= 15 is 0 Å². The molecule has 0 saturated carbocycles. The van der Waals surface area contributed by atoms with Gasteiger partial charge >= 0.3 is 0 Å². The first-order valence-electron chi connectivity index (χ1n) is 13.5. The monoisotopic (exact) mass is 626 g/mol. The quantitative estimate of drug-likeness (QED) is 0.120. The van der Waals surface area contributed by atoms with Gasteiger partial charge in [-0.1, -0.05) is 54.6 Å². The number of para-hydroxylation sites is 1. The van der Waals surface area contributed by atoms with Crippen LogP contribution in [0.1, 0.15) is 30.5 Å². The summed E-state index contributed by atoms with van der Waals surface area (Å²) in [6.07, 6.45) is 1.51. The first-order chi connectivity index (χ1) is 20.5. The minimum atomic E-state index is -0.501. The van der Waals surface area contributed by atoms with E-state index in [1.165, 1.54) is 6.08 Å². The smallest absolute Gasteiger partial charge is 0.266 e. The number of anilines is 1. The minimum absolute atomic E-state index is 0.0418. The highest BCUT2D eigenvalue weighted by molar-refractivity contribution is 9.10. The molecule has 0 aliphatic rings. The van der Waals surface area contributed by atoms with Crippen LogP contribution >= 0.6 is 15.9 Å². The summed E-state index contributed by atoms with van der Waals surface area (Å²) >= 11 is 3.58. The second-order valence-electron chi connectivity index (χ2n) is 9.03. The van der Waals surface area contributed by atoms with Crippen LogP contribution in [0.15, 0.2) is 101 Å². The molecule has 1 amide bonds. The van der Waals surface area contributed by atoms with E-state index in [9.17, 15) is 10.1 Å². The summed E-state index contributed by atoms with van der Waals surface area (Å²) in [4.78, 5) is 12.7. The lowest BCUT2D eigenvalue weighted by atomic mass is 10.1. The molecule has 0 aliphatic carbocycles. The zero-order valence-corrected chi connectivity index (χ0v) is 25.0. The van der Waals surface area contributed by atoms with Gasteiger partial charge in [-0.25, -0.2) is 0 Å². The molecule has 4 aromatic carbocycles. The van der Waals surface area contributed by atoms with Crippen molar-refractivity contribution in [3.63, 3.8) is 0 Å². The second kappa shape index (κ2) is 15.3. The number of nitrogens with zero attached hydrogens (tertiary/aromatic N) is 1. The molecule has 0 fully saturated rings. The standard InChI is InChI=1S/C34H31BrN2O5/c1-3-39-31-19-25(15-16-30(31)41-22-24-11-7-5-8-12-24)23-42-33-29(35)18-26(20-32(33)40-4-2)17-27(21-36)34(38)37-28-13-9-6-10-14-28/h5-20H,3-4,22-23H2,1-2H3,(H,37,38)/b27-17+. The van der Waals surface area contributed by atoms with Crippen LogP contribution in [0.5, 0.6) is 23.0 Å². The third-order valence-corrected chi connectivity index (χ3v) is 6.56. The van der Waals surface area contributed by atoms with Crippen molar-refractivity contribution in [2.24, 2.45) is 0 Å². The predicted octanol–water partition coefficient (Wildman–Crippen LogP) is 7.95. The fourth-order valence-electron chi connectivity index (χ4n) is 4.03. The van der Waals surface area contributed by atoms with E-state index in [0.29, 0.717) is 58.5 Å². The predicted molar refractivity (Wildman–Crippen MR) is 167 cm³/mol. The van der Waals surface area contributed by atoms with Crippen LogP contribution in [0.3, 0.4) is 0 Å². The highest BCUT2D eigenvalue weighted by Crippen LogP contribution is 2.38. The van der Waals surface area contributed by atoms with Crippen LogP contribution in [0, 0.1) is 11.3 Å². The number of halogens is 1. The Morgan fingerprint density at radius 2 is 1.45 bits per heavy atom. The van der Waals surface area contributed by atoms with Gasteiger partial charge in [0.15, 0.2) is 23.0 Å². The first-order valence-corrected chi connectivity index (χ1v) is 14.3. The zero-order valence-electron chi connectivity index (χ0n) is 23.4. The molecule has 0 radical (unpaired) electrons. The molecule has 0 atom stereocenters. The maximum atomic E-state index is 12.7. The molecule has 42 heavy (non-hydrogen) atoms. The number of rotatable bonds is 13. The number of hydrogen-bond donors (Lipinski definition) is 1. The summed E-state index contributed by atoms with van der Waals surface area (Å²) < 4.78 is 24.5. The van der Waals surface area contributed by atoms with E-state index in [1.54, 1.807) is 36.4 Å². The summed E-state index contributed by atoms with van der Waals surface area (Å²) in [6, 6.07) is 30.1. The minimum Gasteiger partial charge on any atom is -0.490 e. The highest BCUT2D eigenvalue weighted by atomic mass is 79.9. The van der Waals surface area contributed by atoms with Crippen molar-refractivity contribution in [1.29, 1.82) is 5.26 Å². The van der Waals surface area contributed by atoms with Crippen molar-refractivity contribution >= 4 is 33.6 Å². The SMILES string of the molecule is CCOc1cc(COc2c(Br)cc(/C=C(\C#N)C(=O)Nc3ccccc3)cc2OCC)ccc1OCc1ccccc1. The normalized spacial score (nSPS) is 10.9. The maximum Gasteiger partial charge on any atom is 0.266 e. The molecule has 0 heterocycles. The van der Waals surface area contributed by atoms with Gasteiger partial charge in [0.25, 0.3) is 5.91 Å². The molecule has 0 aliphatic heterocycles. The van der Waals surface area contributed by atoms with Gasteiger partial charge in [-0.05, 0) is 88.9 Å². The van der Waals surface area contributed by atoms with E-state index in [4.69, 9.17) is 18.9 Å². The number of carbonyl (C=O) groups excluding carboxylic acids is 1. The maximum absolute atomic E-state index is 12.7. The topological polar surface area (TPSA) is 89.8 Å². The van der Waals surface area contributed by atoms with Gasteiger partial charge in [0.05, 0.1) is 17.7 Å². The zero-order chi connectivity index (χ0) is 29.7. The number of ether oxygens (including phenoxy) is 4. The fourth-order valence-corrected chi connectivity index (χ4v) is 4.60. The van der Waals surface area contributed by atoms with Crippen molar-refractivity contribution in [3.05, 3.63) is 118 Å². The van der Waals surface area contributed by atoms with Gasteiger partial charge in [-0.2, -0.15) is 5.26 Å². The summed E-state index contributed by atoms with van der Waals surface area (Å²) in [5.41, 5.74) is 3.12. The second-order valence-corrected chi connectivity index (χ2v) is 9.88. The first kappa shape index (κ1) is 30.2. The Kier molecular flexibility index (Phi) is 11.0. The van der Waals surface area contributed by atoms with Gasteiger partial charge in [0.1, 0.15) is 24.9 Å². The van der Waals surface area contributed by atoms with E-state index < -0.39 is 5.91 Å². The molecule has 0 saturated heterocycles. The van der Waals surface area contributed by atoms with Crippen LogP contribution < -0.4 is 24.3 Å². The molecule has 7 nitrogen and oxygen atoms in total. The van der Waals surface area contributed by atoms with Crippen molar-refractivity contribution in [2.45, 2.75) is 27.1 Å². The average Bonchev–Trinajstić information content (AvgIpc) is 3.00. The number of amides is 1. The molecule has 8 heteroatoms. The summed E-state index contributed by atoms with van der Waals surface area (Å²) in [6.45, 7) is 5.37. The summed E-state index contributed by atoms with van der Waals surface area (Å²) in [5.74, 6) is 1.77. The van der Waals surface area contributed by atoms with Crippen molar-refractivity contribution in [3.8, 4) is 29.1 Å².